The molecule has 2 aliphatic heterocycles. The van der Waals surface area contributed by atoms with Crippen molar-refractivity contribution >= 4 is 41.4 Å². The molecular formula is C32H37ClFN7O4. The normalized spacial score (nSPS) is 17.2. The number of methoxy groups -OCH3 is 1. The number of amides is 2. The number of aromatic nitrogens is 3. The number of imidazole rings is 1. The van der Waals surface area contributed by atoms with Crippen LogP contribution in [0.3, 0.4) is 0 Å². The van der Waals surface area contributed by atoms with Crippen LogP contribution in [0.25, 0.3) is 16.9 Å². The molecule has 1 atom stereocenters. The van der Waals surface area contributed by atoms with Crippen LogP contribution in [0.4, 0.5) is 15.9 Å². The second-order valence-corrected chi connectivity index (χ2v) is 11.2. The standard InChI is InChI=1S/C32H36FN7O4.ClH/c1-20-15-23(37-29-30-36-18-27(40(30)12-9-35-29)22-3-6-28(43-2)26(33)16-22)4-5-25(20)32(42)38-10-7-21(8-11-38)31(41)39-13-14-44-24(17-34)19-39;/h3-6,9,12,15-16,18,21,24H,7-8,10-11,13-14,17,19,34H2,1-2H3,(H,35,37);1H. The molecule has 0 saturated carbocycles. The number of ether oxygens (including phenoxy) is 2. The number of morpholine rings is 1. The Kier molecular flexibility index (Phi) is 9.86. The van der Waals surface area contributed by atoms with E-state index in [1.165, 1.54) is 13.2 Å². The van der Waals surface area contributed by atoms with Crippen LogP contribution in [0.5, 0.6) is 5.75 Å². The number of piperidine rings is 1. The lowest BCUT2D eigenvalue weighted by atomic mass is 9.94. The lowest BCUT2D eigenvalue weighted by molar-refractivity contribution is -0.144. The first-order valence-electron chi connectivity index (χ1n) is 14.8. The molecule has 2 aromatic heterocycles. The molecule has 0 bridgehead atoms. The van der Waals surface area contributed by atoms with Gasteiger partial charge in [-0.3, -0.25) is 14.0 Å². The van der Waals surface area contributed by atoms with Crippen molar-refractivity contribution in [1.29, 1.82) is 0 Å². The SMILES string of the molecule is COc1ccc(-c2cnc3c(Nc4ccc(C(=O)N5CCC(C(=O)N6CCOC(CN)C6)CC5)c(C)c4)nccn23)cc1F.Cl. The summed E-state index contributed by atoms with van der Waals surface area (Å²) in [6.45, 7) is 4.99. The molecule has 11 nitrogen and oxygen atoms in total. The maximum Gasteiger partial charge on any atom is 0.254 e. The summed E-state index contributed by atoms with van der Waals surface area (Å²) in [4.78, 5) is 39.2. The van der Waals surface area contributed by atoms with Crippen LogP contribution in [0.15, 0.2) is 55.0 Å². The van der Waals surface area contributed by atoms with E-state index in [1.54, 1.807) is 30.7 Å². The average Bonchev–Trinajstić information content (AvgIpc) is 3.49. The minimum Gasteiger partial charge on any atom is -0.494 e. The number of nitrogens with two attached hydrogens (primary N) is 1. The Labute approximate surface area is 266 Å². The summed E-state index contributed by atoms with van der Waals surface area (Å²) in [6, 6.07) is 10.3. The number of likely N-dealkylation sites (tertiary alicyclic amines) is 1. The molecule has 0 radical (unpaired) electrons. The third-order valence-electron chi connectivity index (χ3n) is 8.44. The van der Waals surface area contributed by atoms with Gasteiger partial charge in [0.2, 0.25) is 5.91 Å². The van der Waals surface area contributed by atoms with Crippen LogP contribution >= 0.6 is 12.4 Å². The maximum atomic E-state index is 14.4. The summed E-state index contributed by atoms with van der Waals surface area (Å²) in [5.41, 5.74) is 9.87. The van der Waals surface area contributed by atoms with Crippen LogP contribution in [-0.2, 0) is 9.53 Å². The van der Waals surface area contributed by atoms with E-state index in [4.69, 9.17) is 15.2 Å². The highest BCUT2D eigenvalue weighted by molar-refractivity contribution is 5.96. The molecule has 45 heavy (non-hydrogen) atoms. The molecule has 6 rings (SSSR count). The lowest BCUT2D eigenvalue weighted by Crippen LogP contribution is -2.51. The van der Waals surface area contributed by atoms with Crippen LogP contribution < -0.4 is 15.8 Å². The van der Waals surface area contributed by atoms with Gasteiger partial charge in [-0.15, -0.1) is 12.4 Å². The van der Waals surface area contributed by atoms with Crippen molar-refractivity contribution in [2.24, 2.45) is 11.7 Å². The van der Waals surface area contributed by atoms with Gasteiger partial charge < -0.3 is 30.3 Å². The number of rotatable bonds is 7. The molecule has 2 saturated heterocycles. The maximum absolute atomic E-state index is 14.4. The topological polar surface area (TPSA) is 127 Å². The highest BCUT2D eigenvalue weighted by Gasteiger charge is 2.33. The zero-order valence-electron chi connectivity index (χ0n) is 25.2. The number of hydrogen-bond acceptors (Lipinski definition) is 8. The van der Waals surface area contributed by atoms with E-state index in [1.807, 2.05) is 39.3 Å². The zero-order valence-corrected chi connectivity index (χ0v) is 26.1. The first-order valence-corrected chi connectivity index (χ1v) is 14.8. The highest BCUT2D eigenvalue weighted by atomic mass is 35.5. The predicted molar refractivity (Wildman–Crippen MR) is 171 cm³/mol. The molecule has 2 amide bonds. The predicted octanol–water partition coefficient (Wildman–Crippen LogP) is 4.06. The van der Waals surface area contributed by atoms with E-state index in [-0.39, 0.29) is 42.0 Å². The molecule has 0 aliphatic carbocycles. The van der Waals surface area contributed by atoms with E-state index in [9.17, 15) is 14.0 Å². The van der Waals surface area contributed by atoms with E-state index < -0.39 is 5.82 Å². The largest absolute Gasteiger partial charge is 0.494 e. The van der Waals surface area contributed by atoms with Gasteiger partial charge >= 0.3 is 0 Å². The van der Waals surface area contributed by atoms with Crippen molar-refractivity contribution in [3.05, 3.63) is 71.9 Å². The average molecular weight is 638 g/mol. The Balaban J connectivity index is 0.00000400. The quantitative estimate of drug-likeness (QED) is 0.311. The van der Waals surface area contributed by atoms with Gasteiger partial charge in [0.05, 0.1) is 31.7 Å². The van der Waals surface area contributed by atoms with Gasteiger partial charge in [0.1, 0.15) is 0 Å². The van der Waals surface area contributed by atoms with Gasteiger partial charge in [-0.1, -0.05) is 0 Å². The number of hydrogen-bond donors (Lipinski definition) is 2. The van der Waals surface area contributed by atoms with Gasteiger partial charge in [-0.2, -0.15) is 0 Å². The molecule has 0 spiro atoms. The van der Waals surface area contributed by atoms with Crippen LogP contribution in [0.1, 0.15) is 28.8 Å². The number of aryl methyl sites for hydroxylation is 1. The molecule has 238 valence electrons. The van der Waals surface area contributed by atoms with Crippen molar-refractivity contribution in [3.8, 4) is 17.0 Å². The van der Waals surface area contributed by atoms with Gasteiger partial charge in [0, 0.05) is 67.8 Å². The number of benzene rings is 2. The fourth-order valence-corrected chi connectivity index (χ4v) is 5.98. The van der Waals surface area contributed by atoms with Gasteiger partial charge in [-0.05, 0) is 61.7 Å². The summed E-state index contributed by atoms with van der Waals surface area (Å²) in [5.74, 6) is 0.244. The Hall–Kier alpha value is -4.26. The molecule has 4 heterocycles. The minimum absolute atomic E-state index is 0. The number of anilines is 2. The first-order chi connectivity index (χ1) is 21.4. The summed E-state index contributed by atoms with van der Waals surface area (Å²) in [7, 11) is 1.43. The van der Waals surface area contributed by atoms with Gasteiger partial charge in [0.25, 0.3) is 5.91 Å². The second-order valence-electron chi connectivity index (χ2n) is 11.2. The molecule has 13 heteroatoms. The summed E-state index contributed by atoms with van der Waals surface area (Å²) in [5, 5.41) is 3.31. The van der Waals surface area contributed by atoms with Crippen LogP contribution in [0.2, 0.25) is 0 Å². The molecule has 2 aliphatic rings. The molecule has 4 aromatic rings. The van der Waals surface area contributed by atoms with E-state index in [0.29, 0.717) is 80.5 Å². The fraction of sp³-hybridized carbons (Fsp3) is 0.375. The Morgan fingerprint density at radius 1 is 1.11 bits per heavy atom. The number of halogens is 2. The molecule has 2 fully saturated rings. The van der Waals surface area contributed by atoms with Crippen molar-refractivity contribution in [3.63, 3.8) is 0 Å². The second kappa shape index (κ2) is 13.8. The van der Waals surface area contributed by atoms with Crippen molar-refractivity contribution in [1.82, 2.24) is 24.2 Å². The highest BCUT2D eigenvalue weighted by Crippen LogP contribution is 2.29. The van der Waals surface area contributed by atoms with Crippen molar-refractivity contribution in [2.45, 2.75) is 25.9 Å². The molecule has 1 unspecified atom stereocenters. The first kappa shape index (κ1) is 32.1. The number of fused-ring (bicyclic) bond motifs is 1. The molecular weight excluding hydrogens is 601 g/mol. The fourth-order valence-electron chi connectivity index (χ4n) is 5.98. The summed E-state index contributed by atoms with van der Waals surface area (Å²) in [6.07, 6.45) is 6.26. The number of nitrogens with one attached hydrogen (secondary N) is 1. The Morgan fingerprint density at radius 2 is 1.91 bits per heavy atom. The van der Waals surface area contributed by atoms with Crippen LogP contribution in [0, 0.1) is 18.7 Å². The van der Waals surface area contributed by atoms with E-state index in [0.717, 1.165) is 11.3 Å². The Bertz CT molecular complexity index is 1690. The molecule has 3 N–H and O–H groups in total. The third kappa shape index (κ3) is 6.58. The number of nitrogens with zero attached hydrogens (tertiary/aromatic N) is 5. The number of carbonyl (C=O) groups excluding carboxylic acids is 2. The van der Waals surface area contributed by atoms with Gasteiger partial charge in [0.15, 0.2) is 23.0 Å². The van der Waals surface area contributed by atoms with Crippen molar-refractivity contribution in [2.75, 3.05) is 51.8 Å². The van der Waals surface area contributed by atoms with Crippen molar-refractivity contribution < 1.29 is 23.5 Å². The summed E-state index contributed by atoms with van der Waals surface area (Å²) >= 11 is 0. The number of carbonyl (C=O) groups is 2. The smallest absolute Gasteiger partial charge is 0.254 e. The summed E-state index contributed by atoms with van der Waals surface area (Å²) < 4.78 is 26.8. The van der Waals surface area contributed by atoms with Crippen LogP contribution in [-0.4, -0.2) is 88.5 Å². The zero-order chi connectivity index (χ0) is 30.8. The van der Waals surface area contributed by atoms with E-state index >= 15 is 0 Å². The Morgan fingerprint density at radius 3 is 2.62 bits per heavy atom. The molecule has 2 aromatic carbocycles. The van der Waals surface area contributed by atoms with E-state index in [2.05, 4.69) is 15.3 Å². The third-order valence-corrected chi connectivity index (χ3v) is 8.44. The minimum atomic E-state index is -0.454. The van der Waals surface area contributed by atoms with Gasteiger partial charge in [-0.25, -0.2) is 14.4 Å². The monoisotopic (exact) mass is 637 g/mol. The lowest BCUT2D eigenvalue weighted by Gasteiger charge is -2.37.